The van der Waals surface area contributed by atoms with Gasteiger partial charge in [-0.3, -0.25) is 4.68 Å². The predicted molar refractivity (Wildman–Crippen MR) is 163 cm³/mol. The van der Waals surface area contributed by atoms with Crippen molar-refractivity contribution in [3.05, 3.63) is 49.2 Å². The van der Waals surface area contributed by atoms with E-state index >= 15 is 0 Å². The van der Waals surface area contributed by atoms with Crippen LogP contribution in [0.25, 0.3) is 22.6 Å². The molecule has 4 aromatic heterocycles. The first-order valence-corrected chi connectivity index (χ1v) is 16.1. The van der Waals surface area contributed by atoms with Crippen LogP contribution >= 0.6 is 0 Å². The molecule has 0 radical (unpaired) electrons. The molecule has 2 N–H and O–H groups in total. The summed E-state index contributed by atoms with van der Waals surface area (Å²) in [6, 6.07) is 6.14. The molecule has 2 saturated carbocycles. The summed E-state index contributed by atoms with van der Waals surface area (Å²) < 4.78 is 27.9. The molecule has 0 amide bonds. The van der Waals surface area contributed by atoms with Crippen LogP contribution < -0.4 is 10.6 Å². The fourth-order valence-corrected chi connectivity index (χ4v) is 6.92. The molecular weight excluding hydrogens is 552 g/mol. The van der Waals surface area contributed by atoms with Gasteiger partial charge in [0.2, 0.25) is 0 Å². The predicted octanol–water partition coefficient (Wildman–Crippen LogP) is 4.14. The molecule has 0 aliphatic heterocycles. The van der Waals surface area contributed by atoms with Gasteiger partial charge in [-0.05, 0) is 83.6 Å². The number of nitrogens with one attached hydrogen (secondary N) is 2. The van der Waals surface area contributed by atoms with Gasteiger partial charge in [-0.15, -0.1) is 0 Å². The van der Waals surface area contributed by atoms with Crippen molar-refractivity contribution in [1.29, 1.82) is 0 Å². The first-order chi connectivity index (χ1) is 20.2. The van der Waals surface area contributed by atoms with Crippen molar-refractivity contribution in [2.24, 2.45) is 13.0 Å². The quantitative estimate of drug-likeness (QED) is 0.262. The van der Waals surface area contributed by atoms with E-state index < -0.39 is 10.0 Å². The molecule has 0 atom stereocenters. The zero-order valence-electron chi connectivity index (χ0n) is 24.3. The Bertz CT molecular complexity index is 1640. The van der Waals surface area contributed by atoms with E-state index in [9.17, 15) is 8.42 Å². The van der Waals surface area contributed by atoms with Crippen LogP contribution in [0, 0.1) is 5.92 Å². The zero-order chi connectivity index (χ0) is 29.3. The number of hydrogen-bond donors (Lipinski definition) is 2. The fraction of sp³-hybridized carbons (Fsp3) is 0.483. The highest BCUT2D eigenvalue weighted by Crippen LogP contribution is 2.34. The van der Waals surface area contributed by atoms with Crippen molar-refractivity contribution < 1.29 is 8.42 Å². The van der Waals surface area contributed by atoms with Gasteiger partial charge in [-0.25, -0.2) is 23.4 Å². The van der Waals surface area contributed by atoms with Crippen molar-refractivity contribution in [3.63, 3.8) is 0 Å². The average molecular weight is 591 g/mol. The van der Waals surface area contributed by atoms with Crippen molar-refractivity contribution in [2.75, 3.05) is 31.3 Å². The number of anilines is 3. The Morgan fingerprint density at radius 1 is 1.02 bits per heavy atom. The fourth-order valence-electron chi connectivity index (χ4n) is 5.44. The first kappa shape index (κ1) is 28.3. The van der Waals surface area contributed by atoms with Crippen molar-refractivity contribution in [1.82, 2.24) is 38.8 Å². The Labute approximate surface area is 246 Å². The van der Waals surface area contributed by atoms with Crippen LogP contribution in [0.1, 0.15) is 44.9 Å². The molecule has 0 aromatic carbocycles. The summed E-state index contributed by atoms with van der Waals surface area (Å²) in [4.78, 5) is 15.9. The molecule has 2 aliphatic carbocycles. The Balaban J connectivity index is 1.20. The van der Waals surface area contributed by atoms with Gasteiger partial charge in [-0.1, -0.05) is 0 Å². The Morgan fingerprint density at radius 2 is 1.83 bits per heavy atom. The number of aromatic nitrogens is 7. The summed E-state index contributed by atoms with van der Waals surface area (Å²) in [5, 5.41) is 15.4. The molecule has 2 aliphatic rings. The molecule has 6 rings (SSSR count). The minimum Gasteiger partial charge on any atom is -0.382 e. The molecule has 0 unspecified atom stereocenters. The van der Waals surface area contributed by atoms with Crippen LogP contribution in [0.4, 0.5) is 17.3 Å². The normalized spacial score (nSPS) is 19.2. The van der Waals surface area contributed by atoms with Crippen LogP contribution in [-0.2, 0) is 17.1 Å². The largest absolute Gasteiger partial charge is 0.382 e. The topological polar surface area (TPSA) is 136 Å². The van der Waals surface area contributed by atoms with E-state index in [1.165, 1.54) is 31.7 Å². The highest BCUT2D eigenvalue weighted by Gasteiger charge is 2.37. The maximum atomic E-state index is 12.5. The smallest absolute Gasteiger partial charge is 0.256 e. The lowest BCUT2D eigenvalue weighted by Gasteiger charge is -2.31. The molecule has 0 spiro atoms. The minimum absolute atomic E-state index is 0.347. The molecule has 0 bridgehead atoms. The summed E-state index contributed by atoms with van der Waals surface area (Å²) in [6.07, 6.45) is 15.7. The summed E-state index contributed by atoms with van der Waals surface area (Å²) in [7, 11) is 2.73. The molecule has 0 saturated heterocycles. The second kappa shape index (κ2) is 11.8. The number of pyridine rings is 1. The van der Waals surface area contributed by atoms with Crippen LogP contribution in [-0.4, -0.2) is 79.2 Å². The second-order valence-electron chi connectivity index (χ2n) is 11.7. The Hall–Kier alpha value is -3.84. The second-order valence-corrected chi connectivity index (χ2v) is 13.8. The van der Waals surface area contributed by atoms with E-state index in [0.717, 1.165) is 46.3 Å². The first-order valence-electron chi connectivity index (χ1n) is 14.6. The molecule has 42 heavy (non-hydrogen) atoms. The Morgan fingerprint density at radius 3 is 2.55 bits per heavy atom. The minimum atomic E-state index is -3.46. The number of aryl methyl sites for hydroxylation is 1. The summed E-state index contributed by atoms with van der Waals surface area (Å²) >= 11 is 0. The van der Waals surface area contributed by atoms with Gasteiger partial charge in [-0.2, -0.15) is 14.3 Å². The van der Waals surface area contributed by atoms with Crippen LogP contribution in [0.3, 0.4) is 0 Å². The van der Waals surface area contributed by atoms with Crippen molar-refractivity contribution in [3.8, 4) is 22.6 Å². The molecule has 222 valence electrons. The van der Waals surface area contributed by atoms with E-state index in [4.69, 9.17) is 0 Å². The highest BCUT2D eigenvalue weighted by molar-refractivity contribution is 7.90. The van der Waals surface area contributed by atoms with Gasteiger partial charge in [0.05, 0.1) is 28.9 Å². The van der Waals surface area contributed by atoms with Gasteiger partial charge in [0.1, 0.15) is 11.6 Å². The van der Waals surface area contributed by atoms with Gasteiger partial charge >= 0.3 is 0 Å². The third kappa shape index (κ3) is 6.46. The average Bonchev–Trinajstić information content (AvgIpc) is 3.57. The standard InChI is InChI=1S/C29H38N10O2S/c1-37(2)14-11-20-4-6-22(7-5-20)33-26-16-28(31-18-24(26)25-12-15-38(3)36-25)34-27-10-13-30-29(35-27)21-17-32-39(19-21)42(40,41)23-8-9-23/h10,12-13,15-20,22-23H,4-9,11,14H2,1-3H3,(H2,30,31,33,34,35). The molecular formula is C29H38N10O2S. The van der Waals surface area contributed by atoms with Crippen LogP contribution in [0.15, 0.2) is 49.2 Å². The monoisotopic (exact) mass is 590 g/mol. The number of hydrogen-bond acceptors (Lipinski definition) is 10. The van der Waals surface area contributed by atoms with E-state index in [-0.39, 0.29) is 5.25 Å². The maximum Gasteiger partial charge on any atom is 0.256 e. The third-order valence-electron chi connectivity index (χ3n) is 8.02. The SMILES string of the molecule is CN(C)CCC1CCC(Nc2cc(Nc3ccnc(-c4cnn(S(=O)(=O)C5CC5)c4)n3)ncc2-c2ccn(C)n2)CC1. The van der Waals surface area contributed by atoms with Crippen LogP contribution in [0.2, 0.25) is 0 Å². The summed E-state index contributed by atoms with van der Waals surface area (Å²) in [5.41, 5.74) is 3.32. The molecule has 2 fully saturated rings. The lowest BCUT2D eigenvalue weighted by Crippen LogP contribution is -2.28. The molecule has 12 nitrogen and oxygen atoms in total. The number of nitrogens with zero attached hydrogens (tertiary/aromatic N) is 8. The van der Waals surface area contributed by atoms with E-state index in [1.807, 2.05) is 31.6 Å². The van der Waals surface area contributed by atoms with Crippen LogP contribution in [0.5, 0.6) is 0 Å². The Kier molecular flexibility index (Phi) is 7.95. The zero-order valence-corrected chi connectivity index (χ0v) is 25.1. The highest BCUT2D eigenvalue weighted by atomic mass is 32.2. The van der Waals surface area contributed by atoms with Gasteiger partial charge in [0, 0.05) is 49.0 Å². The third-order valence-corrected chi connectivity index (χ3v) is 10.1. The number of rotatable bonds is 11. The van der Waals surface area contributed by atoms with Gasteiger partial charge in [0.15, 0.2) is 5.82 Å². The summed E-state index contributed by atoms with van der Waals surface area (Å²) in [6.45, 7) is 1.14. The lowest BCUT2D eigenvalue weighted by molar-refractivity contribution is 0.281. The maximum absolute atomic E-state index is 12.5. The van der Waals surface area contributed by atoms with Gasteiger partial charge < -0.3 is 15.5 Å². The molecule has 4 heterocycles. The lowest BCUT2D eigenvalue weighted by atomic mass is 9.84. The van der Waals surface area contributed by atoms with E-state index in [1.54, 1.807) is 16.9 Å². The summed E-state index contributed by atoms with van der Waals surface area (Å²) in [5.74, 6) is 2.34. The van der Waals surface area contributed by atoms with Gasteiger partial charge in [0.25, 0.3) is 10.0 Å². The van der Waals surface area contributed by atoms with Crippen molar-refractivity contribution in [2.45, 2.75) is 56.2 Å². The van der Waals surface area contributed by atoms with E-state index in [2.05, 4.69) is 54.8 Å². The van der Waals surface area contributed by atoms with E-state index in [0.29, 0.717) is 41.9 Å². The molecule has 4 aromatic rings. The van der Waals surface area contributed by atoms with Crippen molar-refractivity contribution >= 4 is 27.3 Å². The molecule has 13 heteroatoms.